The molecule has 9 aliphatic heterocycles. The number of hydrogen-bond acceptors (Lipinski definition) is 40. The molecule has 9 fully saturated rings. The zero-order chi connectivity index (χ0) is 99.3. The molecule has 9 saturated heterocycles. The normalized spacial score (nSPS) is 41.9. The molecule has 762 valence electrons. The first-order valence-corrected chi connectivity index (χ1v) is 44.7. The van der Waals surface area contributed by atoms with Crippen molar-refractivity contribution in [3.63, 3.8) is 0 Å². The van der Waals surface area contributed by atoms with E-state index in [0.29, 0.717) is 12.8 Å². The predicted octanol–water partition coefficient (Wildman–Crippen LogP) is -7.77. The highest BCUT2D eigenvalue weighted by molar-refractivity contribution is 5.73. The number of aliphatic hydroxyl groups excluding tert-OH is 26. The Labute approximate surface area is 753 Å². The maximum Gasteiger partial charge on any atom is 0.217 e. The second-order valence-electron chi connectivity index (χ2n) is 37.8. The van der Waals surface area contributed by atoms with Crippen LogP contribution in [-0.4, -0.2) is 447 Å². The summed E-state index contributed by atoms with van der Waals surface area (Å²) in [6.07, 6.45) is -31.8. The molecule has 9 aliphatic rings. The van der Waals surface area contributed by atoms with E-state index in [1.54, 1.807) is 20.8 Å². The number of carboxylic acids is 1. The lowest BCUT2D eigenvalue weighted by atomic mass is 9.88. The molecular formula is C86H167N2O40-. The Kier molecular flexibility index (Phi) is 56.2. The van der Waals surface area contributed by atoms with Gasteiger partial charge in [0.1, 0.15) is 159 Å². The lowest BCUT2D eigenvalue weighted by Gasteiger charge is -2.43. The zero-order valence-electron chi connectivity index (χ0n) is 78.9. The minimum absolute atomic E-state index is 0.0150. The standard InChI is InChI=1S/C11H21NO4.C11H21NO3.C10H18O6.C10H20O5.3C9H18O5.C9H18O3.C8H16O4/c1-5(2)11-10(15)8(12-7(4)13)9(14)6(3)16-11;1-6(2)11-10(14)9(12-8(4)13)5-7(3)15-11;1-4(2)10-9(15)8(14)7(13)5(16-10)3-6(11)12;1-5(2)9-8(13)10(14-3)7(12)6(4-11)15-9;3*1-4(2)9-8(13)7(12)6(11)5(3-10)14-9;1-5(2)9-8(11)7(10)4-6(3)12-9;1-4(2)8-7(11)6(10)5(9)3-12-8/h5-6,8-11,14-15H,1-4H3,(H,12,13);6-7,9-11,14H,5H2,1-4H3,(H,12,13);4-5,7-10,13-15H,3H2,1-2H3,(H,11,12);5-13H,4H2,1-3H3;3*4-13H,3H2,1-2H3;5-11H,4H2,1-3H3;4-11H,3H2,1-2H3/p-1/t6?,8?,9-,10+,11+;7?,9?,10-,11-;5?,7-,8?,9+,10+;6?,7-,8-,9+,10?;5?,6-,7?,8+,9+;5?,6-,7?,8+,9-;5?,6-,7?,8-,9+;6?,7?,8-,9-;5-,6?,7+,8+/m101110101/s1. The Morgan fingerprint density at radius 2 is 0.594 bits per heavy atom. The van der Waals surface area contributed by atoms with E-state index < -0.39 is 226 Å². The van der Waals surface area contributed by atoms with Crippen molar-refractivity contribution in [2.75, 3.05) is 40.1 Å². The number of ether oxygens (including phenoxy) is 10. The fraction of sp³-hybridized carbons (Fsp3) is 0.965. The van der Waals surface area contributed by atoms with E-state index in [2.05, 4.69) is 10.6 Å². The first kappa shape index (κ1) is 123. The predicted molar refractivity (Wildman–Crippen MR) is 455 cm³/mol. The van der Waals surface area contributed by atoms with E-state index >= 15 is 0 Å². The molecular weight excluding hydrogens is 1700 g/mol. The van der Waals surface area contributed by atoms with E-state index in [0.717, 1.165) is 0 Å². The number of carbonyl (C=O) groups is 3. The van der Waals surface area contributed by atoms with Crippen LogP contribution >= 0.6 is 0 Å². The molecule has 42 atom stereocenters. The molecule has 0 saturated carbocycles. The fourth-order valence-corrected chi connectivity index (χ4v) is 16.1. The Hall–Kier alpha value is -3.03. The summed E-state index contributed by atoms with van der Waals surface area (Å²) < 4.78 is 53.5. The van der Waals surface area contributed by atoms with Crippen LogP contribution in [0.2, 0.25) is 0 Å². The number of carboxylic acid groups (broad SMARTS) is 1. The van der Waals surface area contributed by atoms with E-state index in [-0.39, 0.29) is 141 Å². The minimum Gasteiger partial charge on any atom is -0.550 e. The highest BCUT2D eigenvalue weighted by atomic mass is 16.6. The van der Waals surface area contributed by atoms with Crippen molar-refractivity contribution < 1.29 is 200 Å². The van der Waals surface area contributed by atoms with Crippen LogP contribution in [-0.2, 0) is 61.8 Å². The maximum atomic E-state index is 11.0. The maximum absolute atomic E-state index is 11.0. The molecule has 0 bridgehead atoms. The van der Waals surface area contributed by atoms with Crippen molar-refractivity contribution >= 4 is 17.8 Å². The first-order valence-electron chi connectivity index (χ1n) is 44.7. The summed E-state index contributed by atoms with van der Waals surface area (Å²) in [5.74, 6) is -0.922. The van der Waals surface area contributed by atoms with Gasteiger partial charge < -0.3 is 201 Å². The topological polar surface area (TPSA) is 717 Å². The zero-order valence-corrected chi connectivity index (χ0v) is 78.9. The van der Waals surface area contributed by atoms with Crippen molar-refractivity contribution in [2.24, 2.45) is 53.3 Å². The van der Waals surface area contributed by atoms with Gasteiger partial charge in [-0.1, -0.05) is 125 Å². The van der Waals surface area contributed by atoms with Crippen LogP contribution in [0, 0.1) is 53.3 Å². The van der Waals surface area contributed by atoms with Crippen molar-refractivity contribution in [1.82, 2.24) is 10.6 Å². The second kappa shape index (κ2) is 58.5. The van der Waals surface area contributed by atoms with Gasteiger partial charge in [-0.25, -0.2) is 0 Å². The molecule has 9 rings (SSSR count). The molecule has 0 radical (unpaired) electrons. The largest absolute Gasteiger partial charge is 0.550 e. The number of hydrogen-bond donors (Lipinski definition) is 28. The Bertz CT molecular complexity index is 2880. The van der Waals surface area contributed by atoms with E-state index in [1.807, 2.05) is 125 Å². The third-order valence-electron chi connectivity index (χ3n) is 23.6. The molecule has 0 aromatic heterocycles. The van der Waals surface area contributed by atoms with Crippen LogP contribution < -0.4 is 15.7 Å². The molecule has 0 aliphatic carbocycles. The highest BCUT2D eigenvalue weighted by Gasteiger charge is 2.51. The molecule has 0 aromatic carbocycles. The molecule has 28 N–H and O–H groups in total. The van der Waals surface area contributed by atoms with Crippen LogP contribution in [0.5, 0.6) is 0 Å². The summed E-state index contributed by atoms with van der Waals surface area (Å²) in [5, 5.41) is 262. The third kappa shape index (κ3) is 36.5. The monoisotopic (exact) mass is 1870 g/mol. The molecule has 0 spiro atoms. The number of aliphatic carboxylic acids is 1. The number of amides is 2. The summed E-state index contributed by atoms with van der Waals surface area (Å²) in [6, 6.07) is -0.840. The van der Waals surface area contributed by atoms with E-state index in [4.69, 9.17) is 72.9 Å². The van der Waals surface area contributed by atoms with Gasteiger partial charge in [0.05, 0.1) is 131 Å². The lowest BCUT2D eigenvalue weighted by Crippen LogP contribution is -2.63. The van der Waals surface area contributed by atoms with Crippen LogP contribution in [0.3, 0.4) is 0 Å². The molecule has 17 unspecified atom stereocenters. The molecule has 2 amide bonds. The van der Waals surface area contributed by atoms with Crippen LogP contribution in [0.4, 0.5) is 0 Å². The number of aliphatic hydroxyl groups is 26. The third-order valence-corrected chi connectivity index (χ3v) is 23.6. The molecule has 9 heterocycles. The van der Waals surface area contributed by atoms with E-state index in [1.165, 1.54) is 21.0 Å². The van der Waals surface area contributed by atoms with Crippen LogP contribution in [0.25, 0.3) is 0 Å². The van der Waals surface area contributed by atoms with Crippen molar-refractivity contribution in [3.05, 3.63) is 0 Å². The first-order chi connectivity index (χ1) is 59.1. The average Bonchev–Trinajstić information content (AvgIpc) is 0.475. The number of carbonyl (C=O) groups excluding carboxylic acids is 3. The van der Waals surface area contributed by atoms with Crippen LogP contribution in [0.15, 0.2) is 0 Å². The van der Waals surface area contributed by atoms with Crippen molar-refractivity contribution in [1.29, 1.82) is 0 Å². The summed E-state index contributed by atoms with van der Waals surface area (Å²) in [4.78, 5) is 32.4. The van der Waals surface area contributed by atoms with Gasteiger partial charge in [-0.2, -0.15) is 0 Å². The quantitative estimate of drug-likeness (QED) is 0.0606. The molecule has 42 nitrogen and oxygen atoms in total. The van der Waals surface area contributed by atoms with Gasteiger partial charge in [0, 0.05) is 39.8 Å². The van der Waals surface area contributed by atoms with Crippen molar-refractivity contribution in [2.45, 2.75) is 435 Å². The van der Waals surface area contributed by atoms with Gasteiger partial charge in [-0.05, 0) is 80.5 Å². The minimum atomic E-state index is -1.41. The summed E-state index contributed by atoms with van der Waals surface area (Å²) in [5.41, 5.74) is 0. The summed E-state index contributed by atoms with van der Waals surface area (Å²) in [6.45, 7) is 41.2. The second-order valence-corrected chi connectivity index (χ2v) is 37.8. The molecule has 42 heteroatoms. The summed E-state index contributed by atoms with van der Waals surface area (Å²) in [7, 11) is 1.42. The fourth-order valence-electron chi connectivity index (χ4n) is 16.1. The molecule has 0 aromatic rings. The number of methoxy groups -OCH3 is 1. The van der Waals surface area contributed by atoms with Gasteiger partial charge in [-0.15, -0.1) is 0 Å². The lowest BCUT2D eigenvalue weighted by molar-refractivity contribution is -0.313. The summed E-state index contributed by atoms with van der Waals surface area (Å²) >= 11 is 0. The molecule has 128 heavy (non-hydrogen) atoms. The van der Waals surface area contributed by atoms with Crippen LogP contribution in [0.1, 0.15) is 179 Å². The Balaban J connectivity index is 0.000000721. The van der Waals surface area contributed by atoms with Gasteiger partial charge in [0.15, 0.2) is 0 Å². The average molecular weight is 1870 g/mol. The Morgan fingerprint density at radius 3 is 0.906 bits per heavy atom. The number of rotatable bonds is 18. The van der Waals surface area contributed by atoms with Gasteiger partial charge in [-0.3, -0.25) is 9.59 Å². The van der Waals surface area contributed by atoms with Gasteiger partial charge in [0.2, 0.25) is 11.8 Å². The Morgan fingerprint density at radius 1 is 0.312 bits per heavy atom. The highest BCUT2D eigenvalue weighted by Crippen LogP contribution is 2.34. The van der Waals surface area contributed by atoms with Crippen molar-refractivity contribution in [3.8, 4) is 0 Å². The smallest absolute Gasteiger partial charge is 0.217 e. The van der Waals surface area contributed by atoms with E-state index in [9.17, 15) is 127 Å². The number of nitrogens with one attached hydrogen (secondary N) is 2. The van der Waals surface area contributed by atoms with Gasteiger partial charge in [0.25, 0.3) is 0 Å². The SMILES string of the molecule is CC(=O)NC1CC(C)O[C@@H](C(C)C)[C@H]1O.CC(=O)NC1[C@H](O)C(C)O[C@@H](C(C)C)[C@H]1O.CC(C)[C@@H]1OC(CC(=O)[O-])[C@@H](O)C(O)[C@@H]1O.CC(C)[C@@H]1OC(CO)[C@@H](O)C(O)[C@@H]1O.CC(C)[C@@H]1OC(CO)[C@@H](O)C(O)[C@H]1O.CC(C)[C@@H]1OC(CO)[C@H](O)C(O)[C@H]1O.CC(C)[C@@H]1OC[C@@H](O)C(O)[C@@H]1O.CC1CC(O)[C@H](O)[C@H](C(C)C)O1.COC1[C@H](O)C(CO)O[C@@H](C(C)C)[C@H]1O. The van der Waals surface area contributed by atoms with Gasteiger partial charge >= 0.3 is 0 Å².